The maximum atomic E-state index is 13.1. The van der Waals surface area contributed by atoms with Crippen LogP contribution in [0, 0.1) is 0 Å². The molecule has 4 aromatic rings. The Bertz CT molecular complexity index is 1320. The molecule has 162 valence electrons. The molecule has 0 atom stereocenters. The first kappa shape index (κ1) is 22.4. The molecule has 2 aromatic carbocycles. The molecule has 0 aliphatic carbocycles. The molecule has 0 radical (unpaired) electrons. The Hall–Kier alpha value is -2.83. The second-order valence-electron chi connectivity index (χ2n) is 8.64. The molecule has 0 saturated carbocycles. The van der Waals surface area contributed by atoms with Gasteiger partial charge in [-0.2, -0.15) is 5.10 Å². The van der Waals surface area contributed by atoms with E-state index < -0.39 is 0 Å². The van der Waals surface area contributed by atoms with E-state index in [-0.39, 0.29) is 11.3 Å². The van der Waals surface area contributed by atoms with Crippen molar-refractivity contribution in [2.24, 2.45) is 5.10 Å². The third-order valence-electron chi connectivity index (χ3n) is 5.26. The molecule has 0 fully saturated rings. The second kappa shape index (κ2) is 8.96. The van der Waals surface area contributed by atoms with E-state index in [2.05, 4.69) is 71.5 Å². The number of thiophene rings is 1. The zero-order valence-electron chi connectivity index (χ0n) is 18.4. The van der Waals surface area contributed by atoms with Gasteiger partial charge in [-0.1, -0.05) is 63.2 Å². The number of hydrogen-bond donors (Lipinski definition) is 1. The zero-order chi connectivity index (χ0) is 22.9. The average Bonchev–Trinajstić information content (AvgIpc) is 3.22. The molecular weight excluding hydrogens is 482 g/mol. The molecular formula is C26H24BrN3OS. The predicted octanol–water partition coefficient (Wildman–Crippen LogP) is 7.18. The summed E-state index contributed by atoms with van der Waals surface area (Å²) in [5.74, 6) is -0.258. The van der Waals surface area contributed by atoms with Crippen molar-refractivity contribution in [3.63, 3.8) is 0 Å². The maximum absolute atomic E-state index is 13.1. The number of fused-ring (bicyclic) bond motifs is 1. The number of nitrogens with zero attached hydrogens (tertiary/aromatic N) is 2. The number of carbonyl (C=O) groups is 1. The number of hydrazone groups is 1. The number of aromatic nitrogens is 1. The van der Waals surface area contributed by atoms with Gasteiger partial charge in [0.25, 0.3) is 5.91 Å². The van der Waals surface area contributed by atoms with Crippen LogP contribution in [0.15, 0.2) is 75.6 Å². The molecule has 0 unspecified atom stereocenters. The van der Waals surface area contributed by atoms with Gasteiger partial charge >= 0.3 is 0 Å². The molecule has 0 aliphatic heterocycles. The van der Waals surface area contributed by atoms with E-state index in [4.69, 9.17) is 4.98 Å². The van der Waals surface area contributed by atoms with Crippen LogP contribution in [0.4, 0.5) is 0 Å². The molecule has 4 nitrogen and oxygen atoms in total. The van der Waals surface area contributed by atoms with Gasteiger partial charge < -0.3 is 0 Å². The molecule has 0 aliphatic rings. The summed E-state index contributed by atoms with van der Waals surface area (Å²) < 4.78 is 1.02. The summed E-state index contributed by atoms with van der Waals surface area (Å²) >= 11 is 5.03. The summed E-state index contributed by atoms with van der Waals surface area (Å²) in [7, 11) is 0. The normalized spacial score (nSPS) is 12.2. The first-order valence-corrected chi connectivity index (χ1v) is 11.9. The molecule has 1 amide bonds. The van der Waals surface area contributed by atoms with E-state index in [0.29, 0.717) is 5.56 Å². The average molecular weight is 506 g/mol. The Morgan fingerprint density at radius 3 is 2.41 bits per heavy atom. The highest BCUT2D eigenvalue weighted by Crippen LogP contribution is 2.28. The number of nitrogens with one attached hydrogen (secondary N) is 1. The van der Waals surface area contributed by atoms with Crippen LogP contribution in [-0.2, 0) is 5.41 Å². The standard InChI is InChI=1S/C26H24BrN3OS/c1-16(23-13-14-24(27)32-23)29-30-25(31)20-15-22(28-21-8-6-5-7-19(20)21)17-9-11-18(12-10-17)26(2,3)4/h5-15H,1-4H3,(H,30,31)/b29-16-. The lowest BCUT2D eigenvalue weighted by Crippen LogP contribution is -2.19. The van der Waals surface area contributed by atoms with Gasteiger partial charge in [0.15, 0.2) is 0 Å². The molecule has 1 N–H and O–H groups in total. The van der Waals surface area contributed by atoms with Crippen molar-refractivity contribution in [3.8, 4) is 11.3 Å². The Morgan fingerprint density at radius 1 is 1.03 bits per heavy atom. The van der Waals surface area contributed by atoms with Crippen molar-refractivity contribution in [3.05, 3.63) is 86.5 Å². The smallest absolute Gasteiger partial charge is 0.267 e. The molecule has 4 rings (SSSR count). The fourth-order valence-corrected chi connectivity index (χ4v) is 4.74. The van der Waals surface area contributed by atoms with Gasteiger partial charge in [-0.25, -0.2) is 10.4 Å². The summed E-state index contributed by atoms with van der Waals surface area (Å²) in [6.07, 6.45) is 0. The lowest BCUT2D eigenvalue weighted by Gasteiger charge is -2.19. The third kappa shape index (κ3) is 4.81. The second-order valence-corrected chi connectivity index (χ2v) is 11.1. The molecule has 0 spiro atoms. The lowest BCUT2D eigenvalue weighted by atomic mass is 9.86. The number of halogens is 1. The number of benzene rings is 2. The van der Waals surface area contributed by atoms with E-state index in [1.807, 2.05) is 49.4 Å². The van der Waals surface area contributed by atoms with Gasteiger partial charge in [0.05, 0.1) is 31.1 Å². The van der Waals surface area contributed by atoms with Crippen LogP contribution in [-0.4, -0.2) is 16.6 Å². The summed E-state index contributed by atoms with van der Waals surface area (Å²) in [4.78, 5) is 18.9. The van der Waals surface area contributed by atoms with Gasteiger partial charge in [-0.3, -0.25) is 4.79 Å². The number of rotatable bonds is 4. The minimum atomic E-state index is -0.258. The largest absolute Gasteiger partial charge is 0.272 e. The van der Waals surface area contributed by atoms with Crippen LogP contribution in [0.1, 0.15) is 48.5 Å². The van der Waals surface area contributed by atoms with Crippen molar-refractivity contribution in [2.75, 3.05) is 0 Å². The van der Waals surface area contributed by atoms with Crippen molar-refractivity contribution in [1.29, 1.82) is 0 Å². The van der Waals surface area contributed by atoms with Crippen molar-refractivity contribution < 1.29 is 4.79 Å². The first-order chi connectivity index (χ1) is 15.2. The van der Waals surface area contributed by atoms with Gasteiger partial charge in [-0.15, -0.1) is 11.3 Å². The van der Waals surface area contributed by atoms with Crippen LogP contribution >= 0.6 is 27.3 Å². The highest BCUT2D eigenvalue weighted by atomic mass is 79.9. The third-order valence-corrected chi connectivity index (χ3v) is 6.99. The summed E-state index contributed by atoms with van der Waals surface area (Å²) in [6.45, 7) is 8.45. The SMILES string of the molecule is C/C(=N/NC(=O)c1cc(-c2ccc(C(C)(C)C)cc2)nc2ccccc12)c1ccc(Br)s1. The zero-order valence-corrected chi connectivity index (χ0v) is 20.8. The van der Waals surface area contributed by atoms with Gasteiger partial charge in [-0.05, 0) is 58.1 Å². The van der Waals surface area contributed by atoms with Crippen LogP contribution in [0.25, 0.3) is 22.2 Å². The van der Waals surface area contributed by atoms with Gasteiger partial charge in [0.2, 0.25) is 0 Å². The summed E-state index contributed by atoms with van der Waals surface area (Å²) in [5.41, 5.74) is 7.87. The topological polar surface area (TPSA) is 54.4 Å². The highest BCUT2D eigenvalue weighted by molar-refractivity contribution is 9.11. The van der Waals surface area contributed by atoms with Gasteiger partial charge in [0, 0.05) is 10.9 Å². The van der Waals surface area contributed by atoms with Crippen LogP contribution in [0.3, 0.4) is 0 Å². The number of pyridine rings is 1. The number of amides is 1. The van der Waals surface area contributed by atoms with Crippen molar-refractivity contribution in [2.45, 2.75) is 33.1 Å². The van der Waals surface area contributed by atoms with E-state index >= 15 is 0 Å². The van der Waals surface area contributed by atoms with E-state index in [0.717, 1.165) is 36.5 Å². The van der Waals surface area contributed by atoms with Crippen LogP contribution in [0.2, 0.25) is 0 Å². The van der Waals surface area contributed by atoms with Crippen molar-refractivity contribution >= 4 is 49.8 Å². The highest BCUT2D eigenvalue weighted by Gasteiger charge is 2.16. The predicted molar refractivity (Wildman–Crippen MR) is 138 cm³/mol. The minimum absolute atomic E-state index is 0.0778. The molecule has 0 bridgehead atoms. The molecule has 6 heteroatoms. The number of para-hydroxylation sites is 1. The Kier molecular flexibility index (Phi) is 6.26. The Balaban J connectivity index is 1.70. The fraction of sp³-hybridized carbons (Fsp3) is 0.192. The van der Waals surface area contributed by atoms with E-state index in [1.54, 1.807) is 11.3 Å². The number of hydrogen-bond acceptors (Lipinski definition) is 4. The quantitative estimate of drug-likeness (QED) is 0.236. The van der Waals surface area contributed by atoms with E-state index in [1.165, 1.54) is 5.56 Å². The van der Waals surface area contributed by atoms with Crippen LogP contribution < -0.4 is 5.43 Å². The monoisotopic (exact) mass is 505 g/mol. The summed E-state index contributed by atoms with van der Waals surface area (Å²) in [6, 6.07) is 21.8. The van der Waals surface area contributed by atoms with Gasteiger partial charge in [0.1, 0.15) is 0 Å². The molecule has 2 heterocycles. The fourth-order valence-electron chi connectivity index (χ4n) is 3.41. The molecule has 2 aromatic heterocycles. The minimum Gasteiger partial charge on any atom is -0.267 e. The molecule has 0 saturated heterocycles. The Labute approximate surface area is 200 Å². The van der Waals surface area contributed by atoms with Crippen LogP contribution in [0.5, 0.6) is 0 Å². The Morgan fingerprint density at radius 2 is 1.75 bits per heavy atom. The van der Waals surface area contributed by atoms with Crippen molar-refractivity contribution in [1.82, 2.24) is 10.4 Å². The molecule has 32 heavy (non-hydrogen) atoms. The first-order valence-electron chi connectivity index (χ1n) is 10.3. The lowest BCUT2D eigenvalue weighted by molar-refractivity contribution is 0.0956. The summed E-state index contributed by atoms with van der Waals surface area (Å²) in [5, 5.41) is 5.12. The maximum Gasteiger partial charge on any atom is 0.272 e. The number of carbonyl (C=O) groups excluding carboxylic acids is 1. The van der Waals surface area contributed by atoms with E-state index in [9.17, 15) is 4.79 Å².